The Labute approximate surface area is 155 Å². The van der Waals surface area contributed by atoms with E-state index < -0.39 is 12.3 Å². The minimum atomic E-state index is -0.622. The molecule has 142 valence electrons. The van der Waals surface area contributed by atoms with Crippen LogP contribution >= 0.6 is 0 Å². The molecule has 0 spiro atoms. The quantitative estimate of drug-likeness (QED) is 0.688. The summed E-state index contributed by atoms with van der Waals surface area (Å²) >= 11 is 0. The van der Waals surface area contributed by atoms with Crippen molar-refractivity contribution in [2.45, 2.75) is 32.6 Å². The van der Waals surface area contributed by atoms with Crippen LogP contribution in [0, 0.1) is 11.3 Å². The molecular weight excluding hydrogens is 330 g/mol. The van der Waals surface area contributed by atoms with Crippen LogP contribution < -0.4 is 4.74 Å². The molecule has 1 heterocycles. The highest BCUT2D eigenvalue weighted by Gasteiger charge is 2.28. The van der Waals surface area contributed by atoms with Gasteiger partial charge in [0, 0.05) is 38.8 Å². The van der Waals surface area contributed by atoms with E-state index in [0.29, 0.717) is 12.3 Å². The number of nitriles is 1. The Balaban J connectivity index is 2.02. The number of aliphatic hydroxyl groups excluding tert-OH is 2. The lowest BCUT2D eigenvalue weighted by Gasteiger charge is -2.39. The first-order chi connectivity index (χ1) is 12.6. The molecule has 0 amide bonds. The summed E-state index contributed by atoms with van der Waals surface area (Å²) in [5.74, 6) is 0.699. The zero-order chi connectivity index (χ0) is 18.9. The highest BCUT2D eigenvalue weighted by molar-refractivity contribution is 5.67. The summed E-state index contributed by atoms with van der Waals surface area (Å²) in [5, 5.41) is 28.1. The maximum absolute atomic E-state index is 10.2. The fourth-order valence-electron chi connectivity index (χ4n) is 3.22. The number of hydrogen-bond acceptors (Lipinski definition) is 6. The summed E-state index contributed by atoms with van der Waals surface area (Å²) in [6, 6.07) is 9.74. The molecule has 2 unspecified atom stereocenters. The minimum Gasteiger partial charge on any atom is -0.472 e. The van der Waals surface area contributed by atoms with E-state index in [-0.39, 0.29) is 6.61 Å². The normalized spacial score (nSPS) is 19.0. The first kappa shape index (κ1) is 20.4. The molecule has 0 radical (unpaired) electrons. The number of piperazine rings is 1. The molecule has 6 nitrogen and oxygen atoms in total. The van der Waals surface area contributed by atoms with Gasteiger partial charge in [0.25, 0.3) is 0 Å². The molecule has 0 aromatic heterocycles. The summed E-state index contributed by atoms with van der Waals surface area (Å²) in [6.45, 7) is 7.90. The van der Waals surface area contributed by atoms with E-state index in [1.54, 1.807) is 13.0 Å². The molecule has 2 N–H and O–H groups in total. The number of hydrogen-bond donors (Lipinski definition) is 2. The van der Waals surface area contributed by atoms with Crippen molar-refractivity contribution in [3.63, 3.8) is 0 Å². The van der Waals surface area contributed by atoms with Gasteiger partial charge >= 0.3 is 0 Å². The molecule has 2 atom stereocenters. The van der Waals surface area contributed by atoms with Crippen molar-refractivity contribution in [3.8, 4) is 11.8 Å². The molecule has 1 aromatic carbocycles. The Morgan fingerprint density at radius 2 is 1.92 bits per heavy atom. The molecule has 0 aliphatic carbocycles. The topological polar surface area (TPSA) is 80.0 Å². The van der Waals surface area contributed by atoms with Crippen molar-refractivity contribution in [1.29, 1.82) is 5.26 Å². The number of ether oxygens (including phenoxy) is 1. The number of aliphatic hydroxyl groups is 2. The third-order valence-corrected chi connectivity index (χ3v) is 4.70. The van der Waals surface area contributed by atoms with Crippen molar-refractivity contribution in [1.82, 2.24) is 9.80 Å². The van der Waals surface area contributed by atoms with Crippen molar-refractivity contribution in [2.75, 3.05) is 39.3 Å². The first-order valence-corrected chi connectivity index (χ1v) is 9.20. The second-order valence-electron chi connectivity index (χ2n) is 6.53. The lowest BCUT2D eigenvalue weighted by Crippen LogP contribution is -2.55. The molecule has 0 saturated carbocycles. The molecule has 6 heteroatoms. The Morgan fingerprint density at radius 3 is 2.42 bits per heavy atom. The zero-order valence-electron chi connectivity index (χ0n) is 15.6. The second-order valence-corrected chi connectivity index (χ2v) is 6.53. The van der Waals surface area contributed by atoms with Crippen LogP contribution in [0.2, 0.25) is 0 Å². The maximum atomic E-state index is 10.2. The number of rotatable bonds is 8. The summed E-state index contributed by atoms with van der Waals surface area (Å²) in [4.78, 5) is 4.34. The van der Waals surface area contributed by atoms with Crippen molar-refractivity contribution in [2.24, 2.45) is 0 Å². The van der Waals surface area contributed by atoms with Gasteiger partial charge in [-0.2, -0.15) is 5.26 Å². The van der Waals surface area contributed by atoms with Crippen molar-refractivity contribution in [3.05, 3.63) is 35.9 Å². The SMILES string of the molecule is CCC(=CC#N)c1ccc(OC(C(C)O)N2CCN(CCO)CC2)cc1. The number of benzene rings is 1. The Bertz CT molecular complexity index is 614. The molecule has 2 rings (SSSR count). The van der Waals surface area contributed by atoms with Gasteiger partial charge in [-0.1, -0.05) is 19.1 Å². The molecule has 1 aromatic rings. The Hall–Kier alpha value is -1.91. The monoisotopic (exact) mass is 359 g/mol. The van der Waals surface area contributed by atoms with E-state index >= 15 is 0 Å². The van der Waals surface area contributed by atoms with E-state index in [4.69, 9.17) is 15.1 Å². The highest BCUT2D eigenvalue weighted by atomic mass is 16.5. The molecule has 26 heavy (non-hydrogen) atoms. The van der Waals surface area contributed by atoms with Crippen LogP contribution in [0.1, 0.15) is 25.8 Å². The maximum Gasteiger partial charge on any atom is 0.178 e. The van der Waals surface area contributed by atoms with Gasteiger partial charge in [-0.15, -0.1) is 0 Å². The van der Waals surface area contributed by atoms with Crippen LogP contribution in [-0.2, 0) is 0 Å². The largest absolute Gasteiger partial charge is 0.472 e. The lowest BCUT2D eigenvalue weighted by atomic mass is 10.0. The molecule has 1 aliphatic rings. The fourth-order valence-corrected chi connectivity index (χ4v) is 3.22. The predicted octanol–water partition coefficient (Wildman–Crippen LogP) is 1.70. The summed E-state index contributed by atoms with van der Waals surface area (Å²) in [6.07, 6.45) is 1.34. The predicted molar refractivity (Wildman–Crippen MR) is 102 cm³/mol. The van der Waals surface area contributed by atoms with Crippen molar-refractivity contribution < 1.29 is 14.9 Å². The third-order valence-electron chi connectivity index (χ3n) is 4.70. The third kappa shape index (κ3) is 5.55. The van der Waals surface area contributed by atoms with Gasteiger partial charge in [0.05, 0.1) is 12.7 Å². The summed E-state index contributed by atoms with van der Waals surface area (Å²) in [5.41, 5.74) is 2.00. The van der Waals surface area contributed by atoms with Crippen LogP contribution in [0.3, 0.4) is 0 Å². The Kier molecular flexibility index (Phi) is 8.07. The van der Waals surface area contributed by atoms with Gasteiger partial charge in [-0.05, 0) is 36.6 Å². The first-order valence-electron chi connectivity index (χ1n) is 9.20. The van der Waals surface area contributed by atoms with Gasteiger partial charge in [-0.3, -0.25) is 9.80 Å². The second kappa shape index (κ2) is 10.3. The van der Waals surface area contributed by atoms with Crippen LogP contribution in [0.5, 0.6) is 5.75 Å². The van der Waals surface area contributed by atoms with E-state index in [1.165, 1.54) is 0 Å². The molecular formula is C20H29N3O3. The fraction of sp³-hybridized carbons (Fsp3) is 0.550. The average molecular weight is 359 g/mol. The zero-order valence-corrected chi connectivity index (χ0v) is 15.6. The van der Waals surface area contributed by atoms with Crippen LogP contribution in [0.4, 0.5) is 0 Å². The molecule has 0 bridgehead atoms. The minimum absolute atomic E-state index is 0.169. The number of nitrogens with zero attached hydrogens (tertiary/aromatic N) is 3. The van der Waals surface area contributed by atoms with Crippen LogP contribution in [0.15, 0.2) is 30.3 Å². The molecule has 1 saturated heterocycles. The van der Waals surface area contributed by atoms with Gasteiger partial charge in [0.2, 0.25) is 0 Å². The van der Waals surface area contributed by atoms with E-state index in [0.717, 1.165) is 43.7 Å². The molecule has 1 fully saturated rings. The smallest absolute Gasteiger partial charge is 0.178 e. The number of allylic oxidation sites excluding steroid dienone is 2. The summed E-state index contributed by atoms with van der Waals surface area (Å²) in [7, 11) is 0. The van der Waals surface area contributed by atoms with Gasteiger partial charge < -0.3 is 14.9 Å². The van der Waals surface area contributed by atoms with E-state index in [9.17, 15) is 5.11 Å². The highest BCUT2D eigenvalue weighted by Crippen LogP contribution is 2.23. The van der Waals surface area contributed by atoms with Crippen molar-refractivity contribution >= 4 is 5.57 Å². The average Bonchev–Trinajstić information content (AvgIpc) is 2.65. The van der Waals surface area contributed by atoms with Crippen LogP contribution in [0.25, 0.3) is 5.57 Å². The molecule has 1 aliphatic heterocycles. The van der Waals surface area contributed by atoms with Gasteiger partial charge in [0.15, 0.2) is 6.23 Å². The Morgan fingerprint density at radius 1 is 1.27 bits per heavy atom. The van der Waals surface area contributed by atoms with Crippen LogP contribution in [-0.4, -0.2) is 71.7 Å². The standard InChI is InChI=1S/C20H29N3O3/c1-3-17(8-9-21)18-4-6-19(7-5-18)26-20(16(2)25)23-12-10-22(11-13-23)14-15-24/h4-8,16,20,24-25H,3,10-15H2,1-2H3. The van der Waals surface area contributed by atoms with Gasteiger partial charge in [0.1, 0.15) is 11.9 Å². The summed E-state index contributed by atoms with van der Waals surface area (Å²) < 4.78 is 6.06. The number of β-amino-alcohol motifs (C(OH)–C–C–N with tert-alkyl or cyclic N) is 1. The van der Waals surface area contributed by atoms with E-state index in [2.05, 4.69) is 15.9 Å². The lowest BCUT2D eigenvalue weighted by molar-refractivity contribution is -0.0752. The van der Waals surface area contributed by atoms with E-state index in [1.807, 2.05) is 31.2 Å². The van der Waals surface area contributed by atoms with Gasteiger partial charge in [-0.25, -0.2) is 0 Å².